The highest BCUT2D eigenvalue weighted by Gasteiger charge is 2.12. The van der Waals surface area contributed by atoms with Crippen molar-refractivity contribution in [3.05, 3.63) is 64.7 Å². The van der Waals surface area contributed by atoms with E-state index in [4.69, 9.17) is 28.9 Å². The fourth-order valence-electron chi connectivity index (χ4n) is 2.00. The second-order valence-electron chi connectivity index (χ2n) is 5.05. The zero-order valence-electron chi connectivity index (χ0n) is 13.2. The Morgan fingerprint density at radius 1 is 1.12 bits per heavy atom. The number of hydrogen-bond donors (Lipinski definition) is 4. The molecular weight excluding hydrogens is 377 g/mol. The number of nitrogens with zero attached hydrogens (tertiary/aromatic N) is 3. The summed E-state index contributed by atoms with van der Waals surface area (Å²) >= 11 is 12.1. The first kappa shape index (κ1) is 17.7. The van der Waals surface area contributed by atoms with E-state index in [2.05, 4.69) is 31.1 Å². The van der Waals surface area contributed by atoms with Crippen LogP contribution >= 0.6 is 23.2 Å². The number of benzene rings is 1. The molecule has 8 nitrogen and oxygen atoms in total. The number of carbonyl (C=O) groups excluding carboxylic acids is 1. The van der Waals surface area contributed by atoms with E-state index in [-0.39, 0.29) is 17.4 Å². The van der Waals surface area contributed by atoms with Crippen LogP contribution < -0.4 is 21.9 Å². The second-order valence-corrected chi connectivity index (χ2v) is 5.90. The average Bonchev–Trinajstić information content (AvgIpc) is 2.66. The van der Waals surface area contributed by atoms with Gasteiger partial charge in [0.15, 0.2) is 11.6 Å². The van der Waals surface area contributed by atoms with Gasteiger partial charge in [0.25, 0.3) is 5.91 Å². The van der Waals surface area contributed by atoms with Crippen LogP contribution in [-0.2, 0) is 0 Å². The molecule has 0 bridgehead atoms. The first-order valence-corrected chi connectivity index (χ1v) is 8.09. The van der Waals surface area contributed by atoms with Crippen molar-refractivity contribution in [1.29, 1.82) is 0 Å². The van der Waals surface area contributed by atoms with Crippen molar-refractivity contribution in [2.45, 2.75) is 0 Å². The number of anilines is 4. The molecule has 1 aromatic carbocycles. The highest BCUT2D eigenvalue weighted by atomic mass is 35.5. The lowest BCUT2D eigenvalue weighted by atomic mass is 10.3. The summed E-state index contributed by atoms with van der Waals surface area (Å²) in [6.45, 7) is 0. The van der Waals surface area contributed by atoms with E-state index in [1.165, 1.54) is 12.5 Å². The molecule has 0 aliphatic carbocycles. The zero-order valence-corrected chi connectivity index (χ0v) is 14.7. The molecule has 2 aromatic heterocycles. The molecule has 5 N–H and O–H groups in total. The zero-order chi connectivity index (χ0) is 18.5. The summed E-state index contributed by atoms with van der Waals surface area (Å²) in [4.78, 5) is 24.0. The van der Waals surface area contributed by atoms with Gasteiger partial charge in [-0.05, 0) is 30.3 Å². The molecule has 0 radical (unpaired) electrons. The highest BCUT2D eigenvalue weighted by molar-refractivity contribution is 6.35. The minimum absolute atomic E-state index is 0.190. The Kier molecular flexibility index (Phi) is 5.35. The summed E-state index contributed by atoms with van der Waals surface area (Å²) in [6, 6.07) is 8.24. The molecule has 3 rings (SSSR count). The van der Waals surface area contributed by atoms with Crippen LogP contribution in [-0.4, -0.2) is 20.9 Å². The Labute approximate surface area is 158 Å². The number of nitrogen functional groups attached to an aromatic ring is 1. The van der Waals surface area contributed by atoms with Crippen LogP contribution in [0.15, 0.2) is 49.1 Å². The van der Waals surface area contributed by atoms with Gasteiger partial charge in [-0.3, -0.25) is 20.6 Å². The highest BCUT2D eigenvalue weighted by Crippen LogP contribution is 2.31. The van der Waals surface area contributed by atoms with Gasteiger partial charge in [-0.2, -0.15) is 0 Å². The maximum absolute atomic E-state index is 12.0. The lowest BCUT2D eigenvalue weighted by Gasteiger charge is -2.14. The van der Waals surface area contributed by atoms with Crippen LogP contribution in [0.2, 0.25) is 10.0 Å². The van der Waals surface area contributed by atoms with E-state index in [9.17, 15) is 4.79 Å². The molecule has 0 atom stereocenters. The van der Waals surface area contributed by atoms with Gasteiger partial charge in [-0.25, -0.2) is 9.97 Å². The van der Waals surface area contributed by atoms with Gasteiger partial charge in [0.05, 0.1) is 16.3 Å². The van der Waals surface area contributed by atoms with Gasteiger partial charge in [0, 0.05) is 17.4 Å². The molecule has 26 heavy (non-hydrogen) atoms. The number of amides is 1. The third-order valence-electron chi connectivity index (χ3n) is 3.28. The number of nitrogens with two attached hydrogens (primary N) is 1. The Hall–Kier alpha value is -3.10. The standard InChI is InChI=1S/C16H13Cl2N7O/c17-10-3-4-11(18)12(6-10)23-14-13(19)15(22-8-21-14)24-25-16(26)9-2-1-5-20-7-9/h1-8H,19H2,(H,25,26)(H2,21,22,23,24). The number of rotatable bonds is 5. The normalized spacial score (nSPS) is 10.2. The molecule has 0 unspecified atom stereocenters. The summed E-state index contributed by atoms with van der Waals surface area (Å²) in [7, 11) is 0. The number of nitrogens with one attached hydrogen (secondary N) is 3. The molecule has 3 aromatic rings. The van der Waals surface area contributed by atoms with Gasteiger partial charge in [-0.15, -0.1) is 0 Å². The molecule has 0 aliphatic heterocycles. The lowest BCUT2D eigenvalue weighted by Crippen LogP contribution is -2.30. The molecule has 132 valence electrons. The number of carbonyl (C=O) groups is 1. The van der Waals surface area contributed by atoms with Gasteiger partial charge in [0.2, 0.25) is 0 Å². The molecule has 10 heteroatoms. The van der Waals surface area contributed by atoms with E-state index >= 15 is 0 Å². The summed E-state index contributed by atoms with van der Waals surface area (Å²) in [5, 5.41) is 3.94. The van der Waals surface area contributed by atoms with E-state index in [1.54, 1.807) is 36.5 Å². The summed E-state index contributed by atoms with van der Waals surface area (Å²) in [6.07, 6.45) is 4.30. The fourth-order valence-corrected chi connectivity index (χ4v) is 2.34. The van der Waals surface area contributed by atoms with Crippen molar-refractivity contribution in [3.8, 4) is 0 Å². The van der Waals surface area contributed by atoms with Crippen molar-refractivity contribution >= 4 is 52.1 Å². The molecule has 0 saturated carbocycles. The molecule has 0 spiro atoms. The van der Waals surface area contributed by atoms with Crippen LogP contribution in [0, 0.1) is 0 Å². The summed E-state index contributed by atoms with van der Waals surface area (Å²) in [5.74, 6) is 0.142. The van der Waals surface area contributed by atoms with E-state index in [1.807, 2.05) is 0 Å². The third kappa shape index (κ3) is 4.11. The first-order valence-electron chi connectivity index (χ1n) is 7.33. The maximum atomic E-state index is 12.0. The fraction of sp³-hybridized carbons (Fsp3) is 0. The van der Waals surface area contributed by atoms with Gasteiger partial charge >= 0.3 is 0 Å². The van der Waals surface area contributed by atoms with Crippen LogP contribution in [0.3, 0.4) is 0 Å². The third-order valence-corrected chi connectivity index (χ3v) is 3.85. The largest absolute Gasteiger partial charge is 0.393 e. The maximum Gasteiger partial charge on any atom is 0.271 e. The van der Waals surface area contributed by atoms with E-state index < -0.39 is 0 Å². The Morgan fingerprint density at radius 3 is 2.69 bits per heavy atom. The number of halogens is 2. The van der Waals surface area contributed by atoms with Crippen LogP contribution in [0.5, 0.6) is 0 Å². The molecular formula is C16H13Cl2N7O. The SMILES string of the molecule is Nc1c(NNC(=O)c2cccnc2)ncnc1Nc1cc(Cl)ccc1Cl. The first-order chi connectivity index (χ1) is 12.5. The Balaban J connectivity index is 1.75. The second kappa shape index (κ2) is 7.85. The average molecular weight is 390 g/mol. The minimum atomic E-state index is -0.386. The number of aromatic nitrogens is 3. The molecule has 0 aliphatic rings. The summed E-state index contributed by atoms with van der Waals surface area (Å²) < 4.78 is 0. The Bertz CT molecular complexity index is 937. The quantitative estimate of drug-likeness (QED) is 0.494. The van der Waals surface area contributed by atoms with Gasteiger partial charge < -0.3 is 11.1 Å². The topological polar surface area (TPSA) is 118 Å². The predicted molar refractivity (Wildman–Crippen MR) is 102 cm³/mol. The minimum Gasteiger partial charge on any atom is -0.393 e. The lowest BCUT2D eigenvalue weighted by molar-refractivity contribution is 0.0962. The van der Waals surface area contributed by atoms with Crippen molar-refractivity contribution < 1.29 is 4.79 Å². The Morgan fingerprint density at radius 2 is 1.92 bits per heavy atom. The van der Waals surface area contributed by atoms with E-state index in [0.29, 0.717) is 27.1 Å². The predicted octanol–water partition coefficient (Wildman–Crippen LogP) is 3.26. The van der Waals surface area contributed by atoms with Gasteiger partial charge in [0.1, 0.15) is 12.0 Å². The van der Waals surface area contributed by atoms with Crippen LogP contribution in [0.25, 0.3) is 0 Å². The monoisotopic (exact) mass is 389 g/mol. The smallest absolute Gasteiger partial charge is 0.271 e. The molecule has 1 amide bonds. The number of hydrogen-bond acceptors (Lipinski definition) is 7. The van der Waals surface area contributed by atoms with E-state index in [0.717, 1.165) is 0 Å². The molecule has 2 heterocycles. The van der Waals surface area contributed by atoms with Crippen molar-refractivity contribution in [2.24, 2.45) is 0 Å². The van der Waals surface area contributed by atoms with Crippen molar-refractivity contribution in [1.82, 2.24) is 20.4 Å². The van der Waals surface area contributed by atoms with Gasteiger partial charge in [-0.1, -0.05) is 23.2 Å². The van der Waals surface area contributed by atoms with Crippen LogP contribution in [0.1, 0.15) is 10.4 Å². The molecule has 0 fully saturated rings. The molecule has 0 saturated heterocycles. The van der Waals surface area contributed by atoms with Crippen molar-refractivity contribution in [2.75, 3.05) is 16.5 Å². The van der Waals surface area contributed by atoms with Crippen LogP contribution in [0.4, 0.5) is 23.0 Å². The van der Waals surface area contributed by atoms with Crippen molar-refractivity contribution in [3.63, 3.8) is 0 Å². The number of pyridine rings is 1. The summed E-state index contributed by atoms with van der Waals surface area (Å²) in [5.41, 5.74) is 12.3. The number of hydrazine groups is 1.